The number of hydrogen-bond donors (Lipinski definition) is 0. The summed E-state index contributed by atoms with van der Waals surface area (Å²) in [6.45, 7) is 6.47. The van der Waals surface area contributed by atoms with Crippen LogP contribution in [0.3, 0.4) is 0 Å². The van der Waals surface area contributed by atoms with E-state index in [0.29, 0.717) is 5.41 Å². The third kappa shape index (κ3) is 2.45. The molecule has 0 N–H and O–H groups in total. The van der Waals surface area contributed by atoms with E-state index >= 15 is 0 Å². The molecule has 4 rings (SSSR count). The summed E-state index contributed by atoms with van der Waals surface area (Å²) >= 11 is 0. The van der Waals surface area contributed by atoms with Crippen molar-refractivity contribution in [3.63, 3.8) is 0 Å². The summed E-state index contributed by atoms with van der Waals surface area (Å²) < 4.78 is 0. The Hall–Kier alpha value is -0.570. The Balaban J connectivity index is 1.61. The van der Waals surface area contributed by atoms with Crippen LogP contribution < -0.4 is 0 Å². The van der Waals surface area contributed by atoms with Gasteiger partial charge in [0.15, 0.2) is 0 Å². The maximum atomic E-state index is 11.3. The topological polar surface area (TPSA) is 35.5 Å². The van der Waals surface area contributed by atoms with E-state index in [9.17, 15) is 4.79 Å². The number of carbonyl (C=O) groups excluding carboxylic acids is 1. The highest BCUT2D eigenvalue weighted by Crippen LogP contribution is 2.66. The second-order valence-electron chi connectivity index (χ2n) is 9.69. The van der Waals surface area contributed by atoms with Gasteiger partial charge in [-0.05, 0) is 80.5 Å². The van der Waals surface area contributed by atoms with E-state index in [2.05, 4.69) is 13.8 Å². The number of carbonyl (C=O) groups is 1. The lowest BCUT2D eigenvalue weighted by Gasteiger charge is -2.61. The zero-order chi connectivity index (χ0) is 16.9. The second kappa shape index (κ2) is 6.00. The van der Waals surface area contributed by atoms with Crippen molar-refractivity contribution in [2.45, 2.75) is 91.1 Å². The fourth-order valence-corrected chi connectivity index (χ4v) is 7.56. The van der Waals surface area contributed by atoms with E-state index in [1.165, 1.54) is 64.7 Å². The van der Waals surface area contributed by atoms with Crippen molar-refractivity contribution < 1.29 is 14.6 Å². The van der Waals surface area contributed by atoms with E-state index < -0.39 is 0 Å². The van der Waals surface area contributed by atoms with Crippen molar-refractivity contribution >= 4 is 5.97 Å². The van der Waals surface area contributed by atoms with Crippen LogP contribution in [0.5, 0.6) is 0 Å². The highest BCUT2D eigenvalue weighted by molar-refractivity contribution is 5.65. The monoisotopic (exact) mass is 334 g/mol. The largest absolute Gasteiger partial charge is 0.339 e. The third-order valence-corrected chi connectivity index (χ3v) is 8.74. The minimum absolute atomic E-state index is 0.0960. The van der Waals surface area contributed by atoms with Gasteiger partial charge < -0.3 is 0 Å². The summed E-state index contributed by atoms with van der Waals surface area (Å²) in [6.07, 6.45) is 13.5. The van der Waals surface area contributed by atoms with Crippen molar-refractivity contribution in [2.75, 3.05) is 0 Å². The van der Waals surface area contributed by atoms with Crippen LogP contribution in [0.25, 0.3) is 0 Å². The van der Waals surface area contributed by atoms with Crippen LogP contribution in [-0.4, -0.2) is 12.1 Å². The first-order chi connectivity index (χ1) is 11.4. The standard InChI is InChI=1S/C21H34O3/c1-14(22)23-24-19-8-4-6-15-9-10-16-17-7-5-12-20(17,2)13-11-18(16)21(15,19)3/h15-19H,4-13H2,1-3H3/t15-,16-,17-,18-,19?,20-,21-/m0/s1. The first-order valence-electron chi connectivity index (χ1n) is 10.3. The molecule has 136 valence electrons. The normalized spacial score (nSPS) is 50.5. The smallest absolute Gasteiger partial charge is 0.298 e. The van der Waals surface area contributed by atoms with Crippen molar-refractivity contribution in [3.05, 3.63) is 0 Å². The zero-order valence-corrected chi connectivity index (χ0v) is 15.7. The average molecular weight is 335 g/mol. The van der Waals surface area contributed by atoms with Crippen molar-refractivity contribution in [1.82, 2.24) is 0 Å². The van der Waals surface area contributed by atoms with Gasteiger partial charge in [0.2, 0.25) is 0 Å². The zero-order valence-electron chi connectivity index (χ0n) is 15.7. The van der Waals surface area contributed by atoms with Crippen LogP contribution in [0.15, 0.2) is 0 Å². The van der Waals surface area contributed by atoms with E-state index in [0.717, 1.165) is 30.1 Å². The first kappa shape index (κ1) is 16.9. The van der Waals surface area contributed by atoms with Crippen LogP contribution in [0.2, 0.25) is 0 Å². The molecule has 4 saturated carbocycles. The van der Waals surface area contributed by atoms with Gasteiger partial charge in [0.25, 0.3) is 0 Å². The number of rotatable bonds is 2. The van der Waals surface area contributed by atoms with Gasteiger partial charge in [-0.15, -0.1) is 0 Å². The summed E-state index contributed by atoms with van der Waals surface area (Å²) in [4.78, 5) is 22.1. The number of hydrogen-bond acceptors (Lipinski definition) is 3. The average Bonchev–Trinajstić information content (AvgIpc) is 2.94. The first-order valence-corrected chi connectivity index (χ1v) is 10.3. The van der Waals surface area contributed by atoms with Gasteiger partial charge in [-0.25, -0.2) is 4.79 Å². The predicted molar refractivity (Wildman–Crippen MR) is 93.0 cm³/mol. The summed E-state index contributed by atoms with van der Waals surface area (Å²) in [5.41, 5.74) is 0.797. The van der Waals surface area contributed by atoms with Gasteiger partial charge in [0.1, 0.15) is 6.10 Å². The molecule has 0 aromatic heterocycles. The summed E-state index contributed by atoms with van der Waals surface area (Å²) in [7, 11) is 0. The Morgan fingerprint density at radius 2 is 1.75 bits per heavy atom. The van der Waals surface area contributed by atoms with Crippen LogP contribution in [-0.2, 0) is 14.6 Å². The highest BCUT2D eigenvalue weighted by Gasteiger charge is 2.60. The molecule has 0 saturated heterocycles. The van der Waals surface area contributed by atoms with Crippen LogP contribution in [0.1, 0.15) is 85.0 Å². The van der Waals surface area contributed by atoms with Crippen molar-refractivity contribution in [1.29, 1.82) is 0 Å². The van der Waals surface area contributed by atoms with E-state index in [4.69, 9.17) is 9.78 Å². The molecule has 0 aliphatic heterocycles. The molecule has 1 unspecified atom stereocenters. The van der Waals surface area contributed by atoms with Crippen molar-refractivity contribution in [2.24, 2.45) is 34.5 Å². The minimum atomic E-state index is -0.319. The van der Waals surface area contributed by atoms with Gasteiger partial charge in [-0.2, -0.15) is 4.89 Å². The fraction of sp³-hybridized carbons (Fsp3) is 0.952. The lowest BCUT2D eigenvalue weighted by atomic mass is 9.45. The maximum Gasteiger partial charge on any atom is 0.339 e. The maximum absolute atomic E-state index is 11.3. The Kier molecular flexibility index (Phi) is 4.22. The Morgan fingerprint density at radius 3 is 2.54 bits per heavy atom. The molecule has 0 radical (unpaired) electrons. The number of fused-ring (bicyclic) bond motifs is 5. The predicted octanol–water partition coefficient (Wildman–Crippen LogP) is 5.28. The molecule has 0 aromatic carbocycles. The molecule has 0 bridgehead atoms. The van der Waals surface area contributed by atoms with Gasteiger partial charge in [0.05, 0.1) is 0 Å². The lowest BCUT2D eigenvalue weighted by molar-refractivity contribution is -0.338. The van der Waals surface area contributed by atoms with Gasteiger partial charge >= 0.3 is 5.97 Å². The molecule has 0 amide bonds. The lowest BCUT2D eigenvalue weighted by Crippen LogP contribution is -2.57. The molecular formula is C21H34O3. The van der Waals surface area contributed by atoms with Gasteiger partial charge in [-0.1, -0.05) is 26.7 Å². The van der Waals surface area contributed by atoms with Gasteiger partial charge in [-0.3, -0.25) is 4.89 Å². The highest BCUT2D eigenvalue weighted by atomic mass is 17.2. The third-order valence-electron chi connectivity index (χ3n) is 8.74. The molecule has 0 spiro atoms. The molecule has 4 aliphatic carbocycles. The Bertz CT molecular complexity index is 503. The molecule has 3 nitrogen and oxygen atoms in total. The quantitative estimate of drug-likeness (QED) is 0.509. The Morgan fingerprint density at radius 1 is 0.917 bits per heavy atom. The van der Waals surface area contributed by atoms with Crippen molar-refractivity contribution in [3.8, 4) is 0 Å². The summed E-state index contributed by atoms with van der Waals surface area (Å²) in [6, 6.07) is 0. The molecule has 7 atom stereocenters. The Labute approximate surface area is 146 Å². The van der Waals surface area contributed by atoms with Crippen LogP contribution in [0.4, 0.5) is 0 Å². The SMILES string of the molecule is CC(=O)OOC1CCC[C@H]2CC[C@H]3[C@@H]4CCC[C@@]4(C)CC[C@@H]3[C@@]12C. The van der Waals surface area contributed by atoms with E-state index in [-0.39, 0.29) is 17.5 Å². The molecule has 4 aliphatic rings. The minimum Gasteiger partial charge on any atom is -0.298 e. The molecule has 4 fully saturated rings. The fourth-order valence-electron chi connectivity index (χ4n) is 7.56. The molecular weight excluding hydrogens is 300 g/mol. The van der Waals surface area contributed by atoms with Crippen LogP contribution in [0, 0.1) is 34.5 Å². The molecule has 0 aromatic rings. The van der Waals surface area contributed by atoms with Gasteiger partial charge in [0, 0.05) is 12.3 Å². The molecule has 0 heterocycles. The molecule has 24 heavy (non-hydrogen) atoms. The summed E-state index contributed by atoms with van der Waals surface area (Å²) in [5.74, 6) is 2.98. The molecule has 3 heteroatoms. The second-order valence-corrected chi connectivity index (χ2v) is 9.69. The van der Waals surface area contributed by atoms with E-state index in [1.54, 1.807) is 0 Å². The van der Waals surface area contributed by atoms with Crippen LogP contribution >= 0.6 is 0 Å². The summed E-state index contributed by atoms with van der Waals surface area (Å²) in [5, 5.41) is 0. The van der Waals surface area contributed by atoms with E-state index in [1.807, 2.05) is 0 Å².